The average Bonchev–Trinajstić information content (AvgIpc) is 2.10. The highest BCUT2D eigenvalue weighted by Crippen LogP contribution is 2.29. The predicted octanol–water partition coefficient (Wildman–Crippen LogP) is 1.41. The van der Waals surface area contributed by atoms with Crippen molar-refractivity contribution in [3.8, 4) is 5.75 Å². The molecule has 76 valence electrons. The normalized spacial score (nSPS) is 12.5. The summed E-state index contributed by atoms with van der Waals surface area (Å²) in [5.41, 5.74) is -0.401. The van der Waals surface area contributed by atoms with E-state index in [2.05, 4.69) is 15.9 Å². The number of aromatic hydroxyl groups is 1. The number of carboxylic acid groups (broad SMARTS) is 1. The van der Waals surface area contributed by atoms with Crippen LogP contribution in [0.15, 0.2) is 16.6 Å². The molecule has 0 aliphatic carbocycles. The minimum absolute atomic E-state index is 0.120. The third-order valence-electron chi connectivity index (χ3n) is 1.59. The van der Waals surface area contributed by atoms with Crippen molar-refractivity contribution >= 4 is 21.9 Å². The Hall–Kier alpha value is -1.14. The fraction of sp³-hybridized carbons (Fsp3) is 0.125. The van der Waals surface area contributed by atoms with Crippen LogP contribution in [0.3, 0.4) is 0 Å². The van der Waals surface area contributed by atoms with E-state index in [0.29, 0.717) is 0 Å². The number of aliphatic carboxylic acids is 1. The summed E-state index contributed by atoms with van der Waals surface area (Å²) in [4.78, 5) is 10.4. The van der Waals surface area contributed by atoms with E-state index in [-0.39, 0.29) is 10.2 Å². The maximum atomic E-state index is 13.0. The Morgan fingerprint density at radius 2 is 2.07 bits per heavy atom. The zero-order valence-corrected chi connectivity index (χ0v) is 8.32. The predicted molar refractivity (Wildman–Crippen MR) is 48.4 cm³/mol. The average molecular weight is 265 g/mol. The summed E-state index contributed by atoms with van der Waals surface area (Å²) < 4.78 is 13.2. The van der Waals surface area contributed by atoms with Gasteiger partial charge in [0, 0.05) is 11.6 Å². The maximum Gasteiger partial charge on any atom is 0.337 e. The van der Waals surface area contributed by atoms with Crippen molar-refractivity contribution in [3.05, 3.63) is 28.0 Å². The summed E-state index contributed by atoms with van der Waals surface area (Å²) in [6, 6.07) is 1.75. The molecule has 4 nitrogen and oxygen atoms in total. The van der Waals surface area contributed by atoms with Gasteiger partial charge in [0.2, 0.25) is 0 Å². The number of hydrogen-bond acceptors (Lipinski definition) is 3. The van der Waals surface area contributed by atoms with E-state index in [1.54, 1.807) is 0 Å². The number of halogens is 2. The molecule has 0 radical (unpaired) electrons. The zero-order valence-electron chi connectivity index (χ0n) is 6.74. The van der Waals surface area contributed by atoms with Gasteiger partial charge in [0.05, 0.1) is 4.47 Å². The quantitative estimate of drug-likeness (QED) is 0.755. The lowest BCUT2D eigenvalue weighted by Gasteiger charge is -2.08. The number of benzene rings is 1. The molecule has 0 spiro atoms. The molecule has 0 saturated carbocycles. The van der Waals surface area contributed by atoms with Gasteiger partial charge in [-0.15, -0.1) is 0 Å². The number of phenolic OH excluding ortho intramolecular Hbond substituents is 1. The molecule has 14 heavy (non-hydrogen) atoms. The lowest BCUT2D eigenvalue weighted by Crippen LogP contribution is -2.12. The third kappa shape index (κ3) is 2.02. The molecule has 0 amide bonds. The Labute approximate surface area is 86.7 Å². The monoisotopic (exact) mass is 264 g/mol. The van der Waals surface area contributed by atoms with Crippen molar-refractivity contribution in [3.63, 3.8) is 0 Å². The van der Waals surface area contributed by atoms with Gasteiger partial charge in [-0.25, -0.2) is 9.18 Å². The summed E-state index contributed by atoms with van der Waals surface area (Å²) in [6.45, 7) is 0. The second-order valence-electron chi connectivity index (χ2n) is 2.57. The van der Waals surface area contributed by atoms with Gasteiger partial charge in [-0.2, -0.15) is 0 Å². The van der Waals surface area contributed by atoms with Crippen LogP contribution in [-0.2, 0) is 4.79 Å². The molecule has 0 aliphatic rings. The first kappa shape index (κ1) is 10.9. The van der Waals surface area contributed by atoms with Gasteiger partial charge < -0.3 is 15.3 Å². The molecule has 1 aromatic rings. The first-order valence-electron chi connectivity index (χ1n) is 3.52. The smallest absolute Gasteiger partial charge is 0.337 e. The van der Waals surface area contributed by atoms with Gasteiger partial charge in [-0.05, 0) is 22.0 Å². The number of phenols is 1. The molecule has 0 heterocycles. The Balaban J connectivity index is 3.22. The molecular formula is C8H6BrFO4. The second kappa shape index (κ2) is 3.93. The number of rotatable bonds is 2. The lowest BCUT2D eigenvalue weighted by atomic mass is 10.1. The first-order valence-corrected chi connectivity index (χ1v) is 4.31. The fourth-order valence-electron chi connectivity index (χ4n) is 0.894. The largest absolute Gasteiger partial charge is 0.507 e. The molecule has 1 rings (SSSR count). The van der Waals surface area contributed by atoms with Gasteiger partial charge in [0.25, 0.3) is 0 Å². The van der Waals surface area contributed by atoms with Crippen molar-refractivity contribution < 1.29 is 24.5 Å². The van der Waals surface area contributed by atoms with Crippen LogP contribution < -0.4 is 0 Å². The van der Waals surface area contributed by atoms with Crippen LogP contribution in [0.2, 0.25) is 0 Å². The van der Waals surface area contributed by atoms with E-state index in [4.69, 9.17) is 15.3 Å². The molecule has 6 heteroatoms. The second-order valence-corrected chi connectivity index (χ2v) is 3.42. The molecule has 0 aromatic heterocycles. The van der Waals surface area contributed by atoms with E-state index in [1.165, 1.54) is 0 Å². The Bertz CT molecular complexity index is 380. The zero-order chi connectivity index (χ0) is 10.9. The SMILES string of the molecule is O=C(O)C(O)c1cc(Br)c(O)cc1F. The van der Waals surface area contributed by atoms with Crippen molar-refractivity contribution in [2.45, 2.75) is 6.10 Å². The molecule has 1 aromatic carbocycles. The number of carboxylic acids is 1. The molecule has 0 fully saturated rings. The van der Waals surface area contributed by atoms with Gasteiger partial charge >= 0.3 is 5.97 Å². The Morgan fingerprint density at radius 1 is 1.50 bits per heavy atom. The molecule has 0 aliphatic heterocycles. The summed E-state index contributed by atoms with van der Waals surface area (Å²) in [7, 11) is 0. The summed E-state index contributed by atoms with van der Waals surface area (Å²) in [6.07, 6.45) is -1.94. The number of aliphatic hydroxyl groups excluding tert-OH is 1. The van der Waals surface area contributed by atoms with Crippen molar-refractivity contribution in [2.75, 3.05) is 0 Å². The molecule has 1 atom stereocenters. The number of hydrogen-bond donors (Lipinski definition) is 3. The number of carbonyl (C=O) groups is 1. The fourth-order valence-corrected chi connectivity index (χ4v) is 1.26. The molecular weight excluding hydrogens is 259 g/mol. The van der Waals surface area contributed by atoms with E-state index in [9.17, 15) is 9.18 Å². The third-order valence-corrected chi connectivity index (χ3v) is 2.23. The molecule has 0 saturated heterocycles. The lowest BCUT2D eigenvalue weighted by molar-refractivity contribution is -0.147. The first-order chi connectivity index (χ1) is 6.43. The molecule has 3 N–H and O–H groups in total. The summed E-state index contributed by atoms with van der Waals surface area (Å²) in [5, 5.41) is 26.5. The van der Waals surface area contributed by atoms with Crippen LogP contribution in [0.25, 0.3) is 0 Å². The highest BCUT2D eigenvalue weighted by Gasteiger charge is 2.21. The van der Waals surface area contributed by atoms with Crippen molar-refractivity contribution in [1.29, 1.82) is 0 Å². The van der Waals surface area contributed by atoms with Crippen molar-refractivity contribution in [1.82, 2.24) is 0 Å². The van der Waals surface area contributed by atoms with Crippen LogP contribution in [0.4, 0.5) is 4.39 Å². The summed E-state index contributed by atoms with van der Waals surface area (Å²) in [5.74, 6) is -2.88. The molecule has 0 bridgehead atoms. The van der Waals surface area contributed by atoms with E-state index in [0.717, 1.165) is 12.1 Å². The van der Waals surface area contributed by atoms with Gasteiger partial charge in [0.1, 0.15) is 11.6 Å². The van der Waals surface area contributed by atoms with Crippen LogP contribution in [0.5, 0.6) is 5.75 Å². The van der Waals surface area contributed by atoms with Gasteiger partial charge in [0.15, 0.2) is 6.10 Å². The van der Waals surface area contributed by atoms with E-state index < -0.39 is 23.5 Å². The minimum atomic E-state index is -1.94. The number of aliphatic hydroxyl groups is 1. The van der Waals surface area contributed by atoms with E-state index in [1.807, 2.05) is 0 Å². The summed E-state index contributed by atoms with van der Waals surface area (Å²) >= 11 is 2.88. The van der Waals surface area contributed by atoms with E-state index >= 15 is 0 Å². The van der Waals surface area contributed by atoms with Gasteiger partial charge in [-0.1, -0.05) is 0 Å². The van der Waals surface area contributed by atoms with Crippen LogP contribution in [-0.4, -0.2) is 21.3 Å². The maximum absolute atomic E-state index is 13.0. The molecule has 1 unspecified atom stereocenters. The van der Waals surface area contributed by atoms with Crippen LogP contribution in [0, 0.1) is 5.82 Å². The van der Waals surface area contributed by atoms with Crippen molar-refractivity contribution in [2.24, 2.45) is 0 Å². The van der Waals surface area contributed by atoms with Crippen LogP contribution in [0.1, 0.15) is 11.7 Å². The Morgan fingerprint density at radius 3 is 2.57 bits per heavy atom. The Kier molecular flexibility index (Phi) is 3.07. The standard InChI is InChI=1S/C8H6BrFO4/c9-4-1-3(7(12)8(13)14)5(10)2-6(4)11/h1-2,7,11-12H,(H,13,14). The highest BCUT2D eigenvalue weighted by molar-refractivity contribution is 9.10. The minimum Gasteiger partial charge on any atom is -0.507 e. The topological polar surface area (TPSA) is 77.8 Å². The van der Waals surface area contributed by atoms with Gasteiger partial charge in [-0.3, -0.25) is 0 Å². The highest BCUT2D eigenvalue weighted by atomic mass is 79.9. The van der Waals surface area contributed by atoms with Crippen LogP contribution >= 0.6 is 15.9 Å².